The highest BCUT2D eigenvalue weighted by molar-refractivity contribution is 5.90. The molecule has 2 unspecified atom stereocenters. The number of nitrogens with zero attached hydrogens (tertiary/aromatic N) is 2. The fourth-order valence-electron chi connectivity index (χ4n) is 3.28. The van der Waals surface area contributed by atoms with Gasteiger partial charge in [-0.3, -0.25) is 9.59 Å². The Balaban J connectivity index is 1.93. The number of nitrogens with one attached hydrogen (secondary N) is 1. The van der Waals surface area contributed by atoms with Crippen molar-refractivity contribution in [3.05, 3.63) is 35.9 Å². The van der Waals surface area contributed by atoms with Crippen LogP contribution >= 0.6 is 0 Å². The molecule has 1 aromatic rings. The number of likely N-dealkylation sites (tertiary alicyclic amines) is 1. The first-order chi connectivity index (χ1) is 13.1. The zero-order chi connectivity index (χ0) is 20.9. The summed E-state index contributed by atoms with van der Waals surface area (Å²) in [6.45, 7) is 7.97. The van der Waals surface area contributed by atoms with Crippen LogP contribution in [0.25, 0.3) is 0 Å². The summed E-state index contributed by atoms with van der Waals surface area (Å²) in [7, 11) is 1.69. The van der Waals surface area contributed by atoms with Gasteiger partial charge in [-0.25, -0.2) is 4.79 Å². The molecule has 0 aromatic heterocycles. The van der Waals surface area contributed by atoms with E-state index < -0.39 is 17.7 Å². The van der Waals surface area contributed by atoms with E-state index >= 15 is 0 Å². The first kappa shape index (κ1) is 21.7. The molecule has 0 saturated carbocycles. The Morgan fingerprint density at radius 2 is 1.93 bits per heavy atom. The summed E-state index contributed by atoms with van der Waals surface area (Å²) in [5, 5.41) is 2.74. The van der Waals surface area contributed by atoms with Crippen molar-refractivity contribution in [1.82, 2.24) is 15.1 Å². The van der Waals surface area contributed by atoms with Crippen LogP contribution in [-0.2, 0) is 20.9 Å². The molecule has 154 valence electrons. The van der Waals surface area contributed by atoms with Gasteiger partial charge < -0.3 is 19.9 Å². The van der Waals surface area contributed by atoms with Crippen LogP contribution < -0.4 is 5.32 Å². The Kier molecular flexibility index (Phi) is 7.05. The van der Waals surface area contributed by atoms with Crippen molar-refractivity contribution in [1.29, 1.82) is 0 Å². The summed E-state index contributed by atoms with van der Waals surface area (Å²) in [5.41, 5.74) is 0.423. The van der Waals surface area contributed by atoms with Crippen molar-refractivity contribution in [3.8, 4) is 0 Å². The summed E-state index contributed by atoms with van der Waals surface area (Å²) in [4.78, 5) is 40.3. The molecule has 1 heterocycles. The lowest BCUT2D eigenvalue weighted by atomic mass is 10.1. The molecule has 2 rings (SSSR count). The largest absolute Gasteiger partial charge is 0.444 e. The van der Waals surface area contributed by atoms with Crippen LogP contribution in [0.1, 0.15) is 46.1 Å². The molecule has 1 aromatic carbocycles. The SMILES string of the molecule is CC(CN(C)C(=O)C1CCC(=O)N1Cc1ccccc1)NC(=O)OC(C)(C)C. The van der Waals surface area contributed by atoms with E-state index in [-0.39, 0.29) is 17.9 Å². The number of carbonyl (C=O) groups is 3. The molecule has 1 fully saturated rings. The van der Waals surface area contributed by atoms with Crippen LogP contribution in [0.3, 0.4) is 0 Å². The Morgan fingerprint density at radius 1 is 1.29 bits per heavy atom. The lowest BCUT2D eigenvalue weighted by Gasteiger charge is -2.30. The highest BCUT2D eigenvalue weighted by Gasteiger charge is 2.37. The highest BCUT2D eigenvalue weighted by Crippen LogP contribution is 2.23. The van der Waals surface area contributed by atoms with Crippen molar-refractivity contribution in [2.24, 2.45) is 0 Å². The van der Waals surface area contributed by atoms with Gasteiger partial charge in [0.15, 0.2) is 0 Å². The summed E-state index contributed by atoms with van der Waals surface area (Å²) in [6.07, 6.45) is 0.383. The van der Waals surface area contributed by atoms with Crippen LogP contribution in [0, 0.1) is 0 Å². The lowest BCUT2D eigenvalue weighted by molar-refractivity contribution is -0.141. The van der Waals surface area contributed by atoms with E-state index in [0.717, 1.165) is 5.56 Å². The number of benzene rings is 1. The van der Waals surface area contributed by atoms with E-state index in [0.29, 0.717) is 25.9 Å². The first-order valence-corrected chi connectivity index (χ1v) is 9.64. The molecule has 1 aliphatic heterocycles. The lowest BCUT2D eigenvalue weighted by Crippen LogP contribution is -2.49. The number of ether oxygens (including phenoxy) is 1. The van der Waals surface area contributed by atoms with E-state index in [9.17, 15) is 14.4 Å². The molecule has 7 heteroatoms. The van der Waals surface area contributed by atoms with E-state index in [2.05, 4.69) is 5.32 Å². The first-order valence-electron chi connectivity index (χ1n) is 9.64. The maximum Gasteiger partial charge on any atom is 0.407 e. The molecule has 28 heavy (non-hydrogen) atoms. The predicted molar refractivity (Wildman–Crippen MR) is 106 cm³/mol. The van der Waals surface area contributed by atoms with Crippen LogP contribution in [0.4, 0.5) is 4.79 Å². The number of alkyl carbamates (subject to hydrolysis) is 1. The molecule has 3 amide bonds. The molecule has 1 aliphatic rings. The minimum atomic E-state index is -0.576. The van der Waals surface area contributed by atoms with Gasteiger partial charge in [0.2, 0.25) is 11.8 Å². The Labute approximate surface area is 167 Å². The van der Waals surface area contributed by atoms with Gasteiger partial charge in [-0.05, 0) is 39.7 Å². The topological polar surface area (TPSA) is 79.0 Å². The highest BCUT2D eigenvalue weighted by atomic mass is 16.6. The van der Waals surface area contributed by atoms with Gasteiger partial charge in [-0.1, -0.05) is 30.3 Å². The van der Waals surface area contributed by atoms with Gasteiger partial charge in [-0.2, -0.15) is 0 Å². The minimum Gasteiger partial charge on any atom is -0.444 e. The van der Waals surface area contributed by atoms with Gasteiger partial charge >= 0.3 is 6.09 Å². The summed E-state index contributed by atoms with van der Waals surface area (Å²) >= 11 is 0. The molecule has 2 atom stereocenters. The van der Waals surface area contributed by atoms with Crippen molar-refractivity contribution in [2.45, 2.75) is 64.8 Å². The minimum absolute atomic E-state index is 0.00414. The van der Waals surface area contributed by atoms with Crippen LogP contribution in [0.2, 0.25) is 0 Å². The summed E-state index contributed by atoms with van der Waals surface area (Å²) in [5.74, 6) is -0.116. The standard InChI is InChI=1S/C21H31N3O4/c1-15(22-20(27)28-21(2,3)4)13-23(5)19(26)17-11-12-18(25)24(17)14-16-9-7-6-8-10-16/h6-10,15,17H,11-14H2,1-5H3,(H,22,27). The molecule has 0 radical (unpaired) electrons. The zero-order valence-corrected chi connectivity index (χ0v) is 17.4. The summed E-state index contributed by atoms with van der Waals surface area (Å²) < 4.78 is 5.24. The fraction of sp³-hybridized carbons (Fsp3) is 0.571. The number of rotatable bonds is 6. The maximum absolute atomic E-state index is 12.9. The maximum atomic E-state index is 12.9. The van der Waals surface area contributed by atoms with Crippen molar-refractivity contribution in [3.63, 3.8) is 0 Å². The second-order valence-corrected chi connectivity index (χ2v) is 8.33. The molecule has 1 N–H and O–H groups in total. The van der Waals surface area contributed by atoms with Gasteiger partial charge in [0, 0.05) is 32.6 Å². The molecular formula is C21H31N3O4. The van der Waals surface area contributed by atoms with E-state index in [1.807, 2.05) is 37.3 Å². The van der Waals surface area contributed by atoms with Crippen molar-refractivity contribution < 1.29 is 19.1 Å². The summed E-state index contributed by atoms with van der Waals surface area (Å²) in [6, 6.07) is 8.92. The molecular weight excluding hydrogens is 358 g/mol. The predicted octanol–water partition coefficient (Wildman–Crippen LogP) is 2.55. The number of amides is 3. The monoisotopic (exact) mass is 389 g/mol. The van der Waals surface area contributed by atoms with Gasteiger partial charge in [0.1, 0.15) is 11.6 Å². The Bertz CT molecular complexity index is 699. The Hall–Kier alpha value is -2.57. The number of hydrogen-bond donors (Lipinski definition) is 1. The third-order valence-corrected chi connectivity index (χ3v) is 4.50. The Morgan fingerprint density at radius 3 is 2.54 bits per heavy atom. The second-order valence-electron chi connectivity index (χ2n) is 8.33. The normalized spacial score (nSPS) is 18.0. The van der Waals surface area contributed by atoms with Crippen LogP contribution in [0.5, 0.6) is 0 Å². The number of carbonyl (C=O) groups excluding carboxylic acids is 3. The third kappa shape index (κ3) is 6.25. The van der Waals surface area contributed by atoms with Gasteiger partial charge in [-0.15, -0.1) is 0 Å². The average molecular weight is 389 g/mol. The fourth-order valence-corrected chi connectivity index (χ4v) is 3.28. The van der Waals surface area contributed by atoms with Crippen molar-refractivity contribution >= 4 is 17.9 Å². The molecule has 0 bridgehead atoms. The third-order valence-electron chi connectivity index (χ3n) is 4.50. The smallest absolute Gasteiger partial charge is 0.407 e. The molecule has 0 aliphatic carbocycles. The average Bonchev–Trinajstić information content (AvgIpc) is 2.93. The quantitative estimate of drug-likeness (QED) is 0.811. The zero-order valence-electron chi connectivity index (χ0n) is 17.4. The van der Waals surface area contributed by atoms with Crippen LogP contribution in [-0.4, -0.2) is 59.0 Å². The van der Waals surface area contributed by atoms with Gasteiger partial charge in [0.05, 0.1) is 0 Å². The number of hydrogen-bond acceptors (Lipinski definition) is 4. The van der Waals surface area contributed by atoms with Gasteiger partial charge in [0.25, 0.3) is 0 Å². The number of likely N-dealkylation sites (N-methyl/N-ethyl adjacent to an activating group) is 1. The van der Waals surface area contributed by atoms with Crippen molar-refractivity contribution in [2.75, 3.05) is 13.6 Å². The van der Waals surface area contributed by atoms with E-state index in [4.69, 9.17) is 4.74 Å². The van der Waals surface area contributed by atoms with E-state index in [1.54, 1.807) is 37.6 Å². The van der Waals surface area contributed by atoms with Crippen LogP contribution in [0.15, 0.2) is 30.3 Å². The molecule has 1 saturated heterocycles. The second kappa shape index (κ2) is 9.08. The molecule has 0 spiro atoms. The van der Waals surface area contributed by atoms with E-state index in [1.165, 1.54) is 0 Å². The molecule has 7 nitrogen and oxygen atoms in total.